The van der Waals surface area contributed by atoms with Crippen molar-refractivity contribution in [3.05, 3.63) is 11.6 Å². The van der Waals surface area contributed by atoms with Gasteiger partial charge in [-0.05, 0) is 107 Å². The maximum atomic E-state index is 13.6. The molecule has 34 atom stereocenters. The van der Waals surface area contributed by atoms with Crippen LogP contribution in [0.25, 0.3) is 0 Å². The first-order chi connectivity index (χ1) is 40.2. The predicted molar refractivity (Wildman–Crippen MR) is 283 cm³/mol. The Bertz CT molecular complexity index is 2260. The van der Waals surface area contributed by atoms with Crippen molar-refractivity contribution >= 4 is 11.8 Å². The first-order valence-electron chi connectivity index (χ1n) is 30.1. The van der Waals surface area contributed by atoms with Gasteiger partial charge in [0.15, 0.2) is 31.5 Å². The Balaban J connectivity index is 0.873. The van der Waals surface area contributed by atoms with Crippen molar-refractivity contribution in [2.45, 2.75) is 265 Å². The Labute approximate surface area is 492 Å². The van der Waals surface area contributed by atoms with E-state index in [1.807, 2.05) is 6.92 Å². The highest BCUT2D eigenvalue weighted by atomic mass is 16.8. The Morgan fingerprint density at radius 1 is 0.588 bits per heavy atom. The van der Waals surface area contributed by atoms with Gasteiger partial charge in [0.1, 0.15) is 122 Å². The molecule has 0 spiro atoms. The molecule has 0 aromatic heterocycles. The lowest BCUT2D eigenvalue weighted by Gasteiger charge is -2.58. The minimum Gasteiger partial charge on any atom is -0.462 e. The number of fused-ring (bicyclic) bond motifs is 5. The van der Waals surface area contributed by atoms with Crippen molar-refractivity contribution < 1.29 is 138 Å². The molecule has 15 N–H and O–H groups in total. The van der Waals surface area contributed by atoms with Crippen LogP contribution < -0.4 is 0 Å². The molecule has 3 saturated carbocycles. The summed E-state index contributed by atoms with van der Waals surface area (Å²) < 4.78 is 66.1. The third-order valence-electron chi connectivity index (χ3n) is 20.5. The molecule has 28 nitrogen and oxygen atoms in total. The van der Waals surface area contributed by atoms with Gasteiger partial charge in [0.05, 0.1) is 50.7 Å². The standard InChI is InChI=1S/C57H92O28/c1-21(20-75-51-44(71)41(68)37(64)31(17-58)80-51)7-10-34(62)79-30-16-29-27-9-8-25-15-26(11-13-56(25,5)28(27)12-14-57(29,6)35(30)22(2)61)78-55-50(85-52-45(72)40(67)36(63)23(3)76-52)49(39(66)33(19-60)82-55)84-53-47(74)43(70)48(24(4)77-53)83-54-46(73)42(69)38(65)32(18-59)81-54/h8,21,23-24,26-33,35-55,58-60,63-74H,7,9-20H2,1-6H3/t21-,23-,24-,26-,27+,28-,29-,30-,31+,32+,33+,35-,36-,37+,38+,39+,40+,41-,42-,43-,44+,45+,46+,47+,48-,49-,50+,51+,52-,53-,54-,55+,56-,57-/m0/s1. The van der Waals surface area contributed by atoms with Crippen LogP contribution in [0.4, 0.5) is 0 Å². The number of Topliss-reactive ketones (excluding diaryl/α,β-unsaturated/α-hetero) is 1. The van der Waals surface area contributed by atoms with E-state index in [-0.39, 0.29) is 47.9 Å². The van der Waals surface area contributed by atoms with Crippen LogP contribution >= 0.6 is 0 Å². The molecule has 488 valence electrons. The summed E-state index contributed by atoms with van der Waals surface area (Å²) in [7, 11) is 0. The Kier molecular flexibility index (Phi) is 21.7. The molecular weight excluding hydrogens is 1130 g/mol. The quantitative estimate of drug-likeness (QED) is 0.0429. The molecule has 4 aliphatic carbocycles. The zero-order valence-corrected chi connectivity index (χ0v) is 48.8. The van der Waals surface area contributed by atoms with Crippen molar-refractivity contribution in [3.63, 3.8) is 0 Å². The monoisotopic (exact) mass is 1220 g/mol. The number of esters is 1. The predicted octanol–water partition coefficient (Wildman–Crippen LogP) is -4.38. The van der Waals surface area contributed by atoms with Crippen LogP contribution in [0.2, 0.25) is 0 Å². The fourth-order valence-corrected chi connectivity index (χ4v) is 15.4. The molecular formula is C57H92O28. The lowest BCUT2D eigenvalue weighted by molar-refractivity contribution is -0.398. The largest absolute Gasteiger partial charge is 0.462 e. The smallest absolute Gasteiger partial charge is 0.306 e. The summed E-state index contributed by atoms with van der Waals surface area (Å²) in [4.78, 5) is 27.2. The summed E-state index contributed by atoms with van der Waals surface area (Å²) in [5.41, 5.74) is 0.355. The Hall–Kier alpha value is -2.12. The van der Waals surface area contributed by atoms with Crippen LogP contribution in [0.3, 0.4) is 0 Å². The average molecular weight is 1230 g/mol. The molecule has 5 saturated heterocycles. The van der Waals surface area contributed by atoms with Gasteiger partial charge in [-0.15, -0.1) is 0 Å². The highest BCUT2D eigenvalue weighted by Crippen LogP contribution is 2.67. The Morgan fingerprint density at radius 2 is 1.12 bits per heavy atom. The number of aliphatic hydroxyl groups is 15. The van der Waals surface area contributed by atoms with Gasteiger partial charge < -0.3 is 129 Å². The molecule has 5 aliphatic heterocycles. The second-order valence-electron chi connectivity index (χ2n) is 25.9. The molecule has 8 fully saturated rings. The van der Waals surface area contributed by atoms with Gasteiger partial charge in [0.2, 0.25) is 0 Å². The van der Waals surface area contributed by atoms with E-state index in [1.54, 1.807) is 6.92 Å². The van der Waals surface area contributed by atoms with Gasteiger partial charge in [-0.25, -0.2) is 0 Å². The maximum absolute atomic E-state index is 13.6. The number of allylic oxidation sites excluding steroid dienone is 1. The third-order valence-corrected chi connectivity index (χ3v) is 20.5. The molecule has 9 aliphatic rings. The van der Waals surface area contributed by atoms with E-state index in [0.29, 0.717) is 44.9 Å². The average Bonchev–Trinajstić information content (AvgIpc) is 1.70. The number of ketones is 1. The van der Waals surface area contributed by atoms with E-state index in [9.17, 15) is 86.2 Å². The van der Waals surface area contributed by atoms with E-state index in [4.69, 9.17) is 52.1 Å². The number of aliphatic hydroxyl groups excluding tert-OH is 15. The second kappa shape index (κ2) is 27.4. The van der Waals surface area contributed by atoms with Crippen LogP contribution in [-0.2, 0) is 61.7 Å². The zero-order chi connectivity index (χ0) is 61.9. The first kappa shape index (κ1) is 67.3. The van der Waals surface area contributed by atoms with Crippen molar-refractivity contribution in [2.24, 2.45) is 40.4 Å². The van der Waals surface area contributed by atoms with E-state index in [2.05, 4.69) is 19.9 Å². The molecule has 0 unspecified atom stereocenters. The number of hydrogen-bond donors (Lipinski definition) is 15. The SMILES string of the molecule is CC(=O)[C@H]1[C@@H](OC(=O)CC[C@H](C)CO[C@@H]2O[C@H](CO)[C@@H](O)[C@H](O)[C@H]2O)C[C@H]2[C@@H]3CC=C4C[C@@H](O[C@@H]5O[C@H](CO)[C@@H](O)[C@H](O[C@@H]6O[C@@H](C)[C@H](O[C@@H]7O[C@H](CO)[C@@H](O)[C@H](O)[C@H]7O)[C@@H](O)[C@H]6O)[C@H]5O[C@@H]5O[C@@H](C)[C@H](O)[C@@H](O)[C@H]5O)CC[C@]4(C)[C@H]3CC[C@@]21C. The molecule has 0 aromatic carbocycles. The summed E-state index contributed by atoms with van der Waals surface area (Å²) in [5, 5.41) is 159. The number of hydrogen-bond acceptors (Lipinski definition) is 28. The first-order valence-corrected chi connectivity index (χ1v) is 30.1. The summed E-state index contributed by atoms with van der Waals surface area (Å²) in [5.74, 6) is -0.900. The minimum absolute atomic E-state index is 0.0226. The third kappa shape index (κ3) is 13.2. The molecule has 0 bridgehead atoms. The van der Waals surface area contributed by atoms with Gasteiger partial charge >= 0.3 is 5.97 Å². The number of carbonyl (C=O) groups excluding carboxylic acids is 2. The molecule has 0 amide bonds. The van der Waals surface area contributed by atoms with Crippen molar-refractivity contribution in [3.8, 4) is 0 Å². The van der Waals surface area contributed by atoms with Crippen molar-refractivity contribution in [1.82, 2.24) is 0 Å². The number of ether oxygens (including phenoxy) is 11. The minimum atomic E-state index is -1.98. The molecule has 5 heterocycles. The van der Waals surface area contributed by atoms with E-state index >= 15 is 0 Å². The van der Waals surface area contributed by atoms with Gasteiger partial charge in [0, 0.05) is 6.42 Å². The molecule has 0 radical (unpaired) electrons. The number of rotatable bonds is 19. The van der Waals surface area contributed by atoms with Crippen LogP contribution in [0.1, 0.15) is 99.3 Å². The van der Waals surface area contributed by atoms with Gasteiger partial charge in [-0.1, -0.05) is 32.4 Å². The summed E-state index contributed by atoms with van der Waals surface area (Å²) in [6.07, 6.45) is -34.3. The van der Waals surface area contributed by atoms with Crippen LogP contribution in [0.15, 0.2) is 11.6 Å². The van der Waals surface area contributed by atoms with E-state index < -0.39 is 203 Å². The normalized spacial score (nSPS) is 51.4. The van der Waals surface area contributed by atoms with Gasteiger partial charge in [-0.2, -0.15) is 0 Å². The topological polar surface area (TPSA) is 439 Å². The zero-order valence-electron chi connectivity index (χ0n) is 48.8. The highest BCUT2D eigenvalue weighted by Gasteiger charge is 2.64. The van der Waals surface area contributed by atoms with Crippen molar-refractivity contribution in [1.29, 1.82) is 0 Å². The highest BCUT2D eigenvalue weighted by molar-refractivity contribution is 5.81. The van der Waals surface area contributed by atoms with Crippen LogP contribution in [-0.4, -0.2) is 281 Å². The fourth-order valence-electron chi connectivity index (χ4n) is 15.4. The summed E-state index contributed by atoms with van der Waals surface area (Å²) >= 11 is 0. The van der Waals surface area contributed by atoms with E-state index in [0.717, 1.165) is 12.0 Å². The summed E-state index contributed by atoms with van der Waals surface area (Å²) in [6.45, 7) is 8.49. The second-order valence-corrected chi connectivity index (χ2v) is 25.9. The lowest BCUT2D eigenvalue weighted by atomic mass is 9.47. The van der Waals surface area contributed by atoms with Crippen molar-refractivity contribution in [2.75, 3.05) is 26.4 Å². The van der Waals surface area contributed by atoms with E-state index in [1.165, 1.54) is 13.8 Å². The fraction of sp³-hybridized carbons (Fsp3) is 0.930. The van der Waals surface area contributed by atoms with Crippen LogP contribution in [0, 0.1) is 40.4 Å². The molecule has 28 heteroatoms. The molecule has 0 aromatic rings. The molecule has 85 heavy (non-hydrogen) atoms. The molecule has 9 rings (SSSR count). The Morgan fingerprint density at radius 3 is 1.74 bits per heavy atom. The van der Waals surface area contributed by atoms with Crippen LogP contribution in [0.5, 0.6) is 0 Å². The van der Waals surface area contributed by atoms with Gasteiger partial charge in [0.25, 0.3) is 0 Å². The van der Waals surface area contributed by atoms with Gasteiger partial charge in [-0.3, -0.25) is 9.59 Å². The number of carbonyl (C=O) groups is 2. The maximum Gasteiger partial charge on any atom is 0.306 e. The summed E-state index contributed by atoms with van der Waals surface area (Å²) in [6, 6.07) is 0. The lowest BCUT2D eigenvalue weighted by Crippen LogP contribution is -2.67.